The second-order valence-electron chi connectivity index (χ2n) is 3.08. The van der Waals surface area contributed by atoms with Crippen LogP contribution in [0.5, 0.6) is 0 Å². The molecule has 0 aliphatic carbocycles. The van der Waals surface area contributed by atoms with Crippen molar-refractivity contribution in [1.82, 2.24) is 9.55 Å². The zero-order valence-corrected chi connectivity index (χ0v) is 8.32. The maximum Gasteiger partial charge on any atom is 0.259 e. The standard InChI is InChI=1S/C11H9N3O2/c15-10-6-7-12-8-14(10)11(13-16)9-4-2-1-3-5-9/h1-8,16H/b13-11-. The van der Waals surface area contributed by atoms with Gasteiger partial charge in [-0.25, -0.2) is 9.55 Å². The topological polar surface area (TPSA) is 67.5 Å². The molecule has 5 nitrogen and oxygen atoms in total. The smallest absolute Gasteiger partial charge is 0.259 e. The number of hydrogen-bond acceptors (Lipinski definition) is 4. The van der Waals surface area contributed by atoms with Gasteiger partial charge in [0.15, 0.2) is 5.84 Å². The summed E-state index contributed by atoms with van der Waals surface area (Å²) < 4.78 is 1.18. The second kappa shape index (κ2) is 4.39. The van der Waals surface area contributed by atoms with Gasteiger partial charge in [0, 0.05) is 17.8 Å². The van der Waals surface area contributed by atoms with E-state index >= 15 is 0 Å². The van der Waals surface area contributed by atoms with Crippen molar-refractivity contribution in [2.45, 2.75) is 0 Å². The summed E-state index contributed by atoms with van der Waals surface area (Å²) in [5, 5.41) is 12.1. The fraction of sp³-hybridized carbons (Fsp3) is 0. The van der Waals surface area contributed by atoms with E-state index in [1.54, 1.807) is 24.3 Å². The van der Waals surface area contributed by atoms with Crippen LogP contribution in [0.4, 0.5) is 0 Å². The van der Waals surface area contributed by atoms with Crippen LogP contribution in [0.1, 0.15) is 5.56 Å². The number of oxime groups is 1. The third-order valence-corrected chi connectivity index (χ3v) is 2.08. The van der Waals surface area contributed by atoms with Gasteiger partial charge in [0.25, 0.3) is 5.56 Å². The molecule has 1 heterocycles. The minimum Gasteiger partial charge on any atom is -0.409 e. The van der Waals surface area contributed by atoms with Crippen molar-refractivity contribution in [1.29, 1.82) is 0 Å². The van der Waals surface area contributed by atoms with E-state index in [0.717, 1.165) is 0 Å². The molecule has 2 aromatic rings. The Hall–Kier alpha value is -2.43. The Morgan fingerprint density at radius 3 is 2.62 bits per heavy atom. The normalized spacial score (nSPS) is 11.4. The van der Waals surface area contributed by atoms with Gasteiger partial charge >= 0.3 is 0 Å². The summed E-state index contributed by atoms with van der Waals surface area (Å²) >= 11 is 0. The van der Waals surface area contributed by atoms with E-state index < -0.39 is 0 Å². The number of hydrogen-bond donors (Lipinski definition) is 1. The first-order valence-electron chi connectivity index (χ1n) is 4.63. The SMILES string of the molecule is O=c1ccncn1/C(=N\O)c1ccccc1. The van der Waals surface area contributed by atoms with E-state index in [1.165, 1.54) is 23.2 Å². The molecule has 0 aliphatic rings. The number of benzene rings is 1. The lowest BCUT2D eigenvalue weighted by molar-refractivity contribution is 0.317. The highest BCUT2D eigenvalue weighted by Gasteiger charge is 2.07. The zero-order valence-electron chi connectivity index (χ0n) is 8.32. The first-order valence-corrected chi connectivity index (χ1v) is 4.63. The number of rotatable bonds is 1. The zero-order chi connectivity index (χ0) is 11.4. The summed E-state index contributed by atoms with van der Waals surface area (Å²) in [5.41, 5.74) is 0.340. The maximum atomic E-state index is 11.5. The van der Waals surface area contributed by atoms with Gasteiger partial charge in [0.2, 0.25) is 0 Å². The van der Waals surface area contributed by atoms with Crippen molar-refractivity contribution in [3.63, 3.8) is 0 Å². The third kappa shape index (κ3) is 1.83. The predicted octanol–water partition coefficient (Wildman–Crippen LogP) is 0.927. The summed E-state index contributed by atoms with van der Waals surface area (Å²) in [5.74, 6) is 0.152. The predicted molar refractivity (Wildman–Crippen MR) is 58.7 cm³/mol. The molecule has 2 rings (SSSR count). The fourth-order valence-electron chi connectivity index (χ4n) is 1.34. The van der Waals surface area contributed by atoms with Gasteiger partial charge in [-0.05, 0) is 0 Å². The van der Waals surface area contributed by atoms with Crippen molar-refractivity contribution in [2.24, 2.45) is 5.16 Å². The molecule has 0 saturated carbocycles. The molecule has 0 atom stereocenters. The molecule has 0 bridgehead atoms. The number of aromatic nitrogens is 2. The second-order valence-corrected chi connectivity index (χ2v) is 3.08. The van der Waals surface area contributed by atoms with Gasteiger partial charge in [-0.15, -0.1) is 0 Å². The van der Waals surface area contributed by atoms with Gasteiger partial charge in [-0.2, -0.15) is 0 Å². The van der Waals surface area contributed by atoms with Crippen molar-refractivity contribution in [2.75, 3.05) is 0 Å². The van der Waals surface area contributed by atoms with E-state index in [4.69, 9.17) is 5.21 Å². The summed E-state index contributed by atoms with van der Waals surface area (Å²) in [6, 6.07) is 10.2. The Morgan fingerprint density at radius 2 is 2.00 bits per heavy atom. The highest BCUT2D eigenvalue weighted by Crippen LogP contribution is 2.01. The molecule has 80 valence electrons. The molecule has 0 radical (unpaired) electrons. The van der Waals surface area contributed by atoms with Crippen molar-refractivity contribution in [3.05, 3.63) is 64.8 Å². The summed E-state index contributed by atoms with van der Waals surface area (Å²) in [6.07, 6.45) is 2.70. The minimum atomic E-state index is -0.299. The van der Waals surface area contributed by atoms with Crippen LogP contribution in [0, 0.1) is 0 Å². The Morgan fingerprint density at radius 1 is 1.25 bits per heavy atom. The maximum absolute atomic E-state index is 11.5. The Kier molecular flexibility index (Phi) is 2.77. The monoisotopic (exact) mass is 215 g/mol. The summed E-state index contributed by atoms with van der Waals surface area (Å²) in [7, 11) is 0. The van der Waals surface area contributed by atoms with Gasteiger partial charge in [0.05, 0.1) is 0 Å². The summed E-state index contributed by atoms with van der Waals surface area (Å²) in [4.78, 5) is 15.3. The fourth-order valence-corrected chi connectivity index (χ4v) is 1.34. The molecule has 0 amide bonds. The lowest BCUT2D eigenvalue weighted by Crippen LogP contribution is -2.27. The van der Waals surface area contributed by atoms with Crippen LogP contribution in [0.3, 0.4) is 0 Å². The Labute approximate surface area is 91.3 Å². The molecular formula is C11H9N3O2. The first kappa shape index (κ1) is 10.1. The van der Waals surface area contributed by atoms with Crippen LogP contribution in [0.25, 0.3) is 0 Å². The Balaban J connectivity index is 2.55. The average molecular weight is 215 g/mol. The molecule has 0 unspecified atom stereocenters. The third-order valence-electron chi connectivity index (χ3n) is 2.08. The quantitative estimate of drug-likeness (QED) is 0.333. The highest BCUT2D eigenvalue weighted by molar-refractivity contribution is 5.99. The van der Waals surface area contributed by atoms with Crippen molar-refractivity contribution >= 4 is 5.84 Å². The molecule has 0 aliphatic heterocycles. The van der Waals surface area contributed by atoms with E-state index in [-0.39, 0.29) is 11.4 Å². The molecule has 5 heteroatoms. The molecule has 0 spiro atoms. The van der Waals surface area contributed by atoms with Crippen LogP contribution >= 0.6 is 0 Å². The van der Waals surface area contributed by atoms with E-state index in [0.29, 0.717) is 5.56 Å². The van der Waals surface area contributed by atoms with Crippen LogP contribution in [0.15, 0.2) is 58.9 Å². The average Bonchev–Trinajstić information content (AvgIpc) is 2.34. The van der Waals surface area contributed by atoms with E-state index in [9.17, 15) is 4.79 Å². The van der Waals surface area contributed by atoms with Gasteiger partial charge in [-0.1, -0.05) is 35.5 Å². The van der Waals surface area contributed by atoms with Gasteiger partial charge in [0.1, 0.15) is 6.33 Å². The molecular weight excluding hydrogens is 206 g/mol. The number of nitrogens with zero attached hydrogens (tertiary/aromatic N) is 3. The largest absolute Gasteiger partial charge is 0.409 e. The van der Waals surface area contributed by atoms with Crippen LogP contribution in [-0.4, -0.2) is 20.6 Å². The molecule has 16 heavy (non-hydrogen) atoms. The molecule has 1 aromatic heterocycles. The lowest BCUT2D eigenvalue weighted by Gasteiger charge is -2.05. The van der Waals surface area contributed by atoms with E-state index in [2.05, 4.69) is 10.1 Å². The minimum absolute atomic E-state index is 0.152. The first-order chi connectivity index (χ1) is 7.83. The molecule has 0 saturated heterocycles. The lowest BCUT2D eigenvalue weighted by atomic mass is 10.2. The molecule has 1 N–H and O–H groups in total. The van der Waals surface area contributed by atoms with Gasteiger partial charge in [-0.3, -0.25) is 4.79 Å². The van der Waals surface area contributed by atoms with E-state index in [1.807, 2.05) is 6.07 Å². The molecule has 0 fully saturated rings. The van der Waals surface area contributed by atoms with Crippen LogP contribution in [-0.2, 0) is 0 Å². The highest BCUT2D eigenvalue weighted by atomic mass is 16.4. The van der Waals surface area contributed by atoms with Crippen LogP contribution < -0.4 is 5.56 Å². The van der Waals surface area contributed by atoms with Gasteiger partial charge < -0.3 is 5.21 Å². The summed E-state index contributed by atoms with van der Waals surface area (Å²) in [6.45, 7) is 0. The Bertz CT molecular complexity index is 561. The van der Waals surface area contributed by atoms with Crippen LogP contribution in [0.2, 0.25) is 0 Å². The van der Waals surface area contributed by atoms with Crippen molar-refractivity contribution < 1.29 is 5.21 Å². The van der Waals surface area contributed by atoms with Crippen molar-refractivity contribution in [3.8, 4) is 0 Å². The molecule has 1 aromatic carbocycles.